The Morgan fingerprint density at radius 2 is 1.91 bits per heavy atom. The van der Waals surface area contributed by atoms with Crippen LogP contribution in [-0.4, -0.2) is 55.2 Å². The van der Waals surface area contributed by atoms with Crippen molar-refractivity contribution in [3.05, 3.63) is 41.8 Å². The Labute approximate surface area is 139 Å². The van der Waals surface area contributed by atoms with Gasteiger partial charge in [0.1, 0.15) is 9.96 Å². The van der Waals surface area contributed by atoms with Gasteiger partial charge in [-0.25, -0.2) is 8.42 Å². The van der Waals surface area contributed by atoms with Gasteiger partial charge >= 0.3 is 0 Å². The molecule has 0 saturated carbocycles. The SMILES string of the molecule is O=S(=O)(c1cccs1)N1CCN(c2ccc(O)cc2)[C@H](CO)C1. The van der Waals surface area contributed by atoms with E-state index < -0.39 is 10.0 Å². The van der Waals surface area contributed by atoms with Crippen molar-refractivity contribution in [2.45, 2.75) is 10.3 Å². The number of thiophene rings is 1. The zero-order valence-corrected chi connectivity index (χ0v) is 14.0. The fourth-order valence-corrected chi connectivity index (χ4v) is 5.34. The standard InChI is InChI=1S/C15H18N2O4S2/c18-11-13-10-16(23(20,21)15-2-1-9-22-15)7-8-17(13)12-3-5-14(19)6-4-12/h1-6,9,13,18-19H,7-8,10-11H2/t13-/m0/s1. The van der Waals surface area contributed by atoms with Gasteiger partial charge in [0, 0.05) is 25.3 Å². The highest BCUT2D eigenvalue weighted by molar-refractivity contribution is 7.91. The van der Waals surface area contributed by atoms with E-state index in [1.54, 1.807) is 41.8 Å². The summed E-state index contributed by atoms with van der Waals surface area (Å²) in [5.74, 6) is 0.174. The van der Waals surface area contributed by atoms with Gasteiger partial charge in [-0.15, -0.1) is 11.3 Å². The number of piperazine rings is 1. The molecule has 8 heteroatoms. The van der Waals surface area contributed by atoms with Gasteiger partial charge in [0.25, 0.3) is 10.0 Å². The van der Waals surface area contributed by atoms with Crippen molar-refractivity contribution < 1.29 is 18.6 Å². The molecule has 1 aliphatic rings. The third-order valence-corrected chi connectivity index (χ3v) is 7.16. The summed E-state index contributed by atoms with van der Waals surface area (Å²) >= 11 is 1.20. The lowest BCUT2D eigenvalue weighted by atomic mass is 10.1. The van der Waals surface area contributed by atoms with E-state index in [0.717, 1.165) is 5.69 Å². The molecule has 1 aromatic heterocycles. The average molecular weight is 354 g/mol. The zero-order valence-electron chi connectivity index (χ0n) is 12.4. The van der Waals surface area contributed by atoms with Crippen LogP contribution >= 0.6 is 11.3 Å². The van der Waals surface area contributed by atoms with Crippen LogP contribution in [0.3, 0.4) is 0 Å². The number of aliphatic hydroxyl groups is 1. The van der Waals surface area contributed by atoms with E-state index in [1.807, 2.05) is 4.90 Å². The maximum absolute atomic E-state index is 12.6. The number of aliphatic hydroxyl groups excluding tert-OH is 1. The van der Waals surface area contributed by atoms with Crippen LogP contribution in [0.4, 0.5) is 5.69 Å². The molecule has 124 valence electrons. The largest absolute Gasteiger partial charge is 0.508 e. The Bertz CT molecular complexity index is 744. The maximum Gasteiger partial charge on any atom is 0.252 e. The molecule has 2 N–H and O–H groups in total. The van der Waals surface area contributed by atoms with Crippen LogP contribution in [0.2, 0.25) is 0 Å². The number of phenolic OH excluding ortho intramolecular Hbond substituents is 1. The monoisotopic (exact) mass is 354 g/mol. The van der Waals surface area contributed by atoms with E-state index in [2.05, 4.69) is 0 Å². The van der Waals surface area contributed by atoms with E-state index in [9.17, 15) is 18.6 Å². The molecule has 0 unspecified atom stereocenters. The summed E-state index contributed by atoms with van der Waals surface area (Å²) in [6.45, 7) is 0.938. The van der Waals surface area contributed by atoms with E-state index in [1.165, 1.54) is 15.6 Å². The van der Waals surface area contributed by atoms with Crippen LogP contribution in [-0.2, 0) is 10.0 Å². The zero-order chi connectivity index (χ0) is 16.4. The number of hydrogen-bond acceptors (Lipinski definition) is 6. The van der Waals surface area contributed by atoms with E-state index in [-0.39, 0.29) is 24.9 Å². The molecule has 1 atom stereocenters. The first-order chi connectivity index (χ1) is 11.0. The van der Waals surface area contributed by atoms with Crippen molar-refractivity contribution in [3.63, 3.8) is 0 Å². The molecule has 1 saturated heterocycles. The molecule has 0 aliphatic carbocycles. The molecule has 0 radical (unpaired) electrons. The van der Waals surface area contributed by atoms with Crippen LogP contribution in [0, 0.1) is 0 Å². The highest BCUT2D eigenvalue weighted by Gasteiger charge is 2.34. The number of phenols is 1. The van der Waals surface area contributed by atoms with E-state index in [4.69, 9.17) is 0 Å². The smallest absolute Gasteiger partial charge is 0.252 e. The highest BCUT2D eigenvalue weighted by Crippen LogP contribution is 2.27. The molecular formula is C15H18N2O4S2. The second kappa shape index (κ2) is 6.48. The van der Waals surface area contributed by atoms with Gasteiger partial charge < -0.3 is 15.1 Å². The number of benzene rings is 1. The molecule has 3 rings (SSSR count). The molecule has 2 heterocycles. The number of rotatable bonds is 4. The molecule has 23 heavy (non-hydrogen) atoms. The second-order valence-corrected chi connectivity index (χ2v) is 8.45. The van der Waals surface area contributed by atoms with Crippen LogP contribution in [0.5, 0.6) is 5.75 Å². The van der Waals surface area contributed by atoms with Crippen LogP contribution in [0.1, 0.15) is 0 Å². The molecule has 1 fully saturated rings. The predicted octanol–water partition coefficient (Wildman–Crippen LogP) is 1.33. The quantitative estimate of drug-likeness (QED) is 0.866. The first-order valence-corrected chi connectivity index (χ1v) is 9.54. The highest BCUT2D eigenvalue weighted by atomic mass is 32.2. The van der Waals surface area contributed by atoms with E-state index >= 15 is 0 Å². The van der Waals surface area contributed by atoms with Crippen LogP contribution in [0.15, 0.2) is 46.0 Å². The van der Waals surface area contributed by atoms with Crippen molar-refractivity contribution in [1.82, 2.24) is 4.31 Å². The van der Waals surface area contributed by atoms with Gasteiger partial charge in [-0.3, -0.25) is 0 Å². The number of nitrogens with zero attached hydrogens (tertiary/aromatic N) is 2. The molecule has 2 aromatic rings. The number of hydrogen-bond donors (Lipinski definition) is 2. The minimum atomic E-state index is -3.50. The normalized spacial score (nSPS) is 19.9. The Morgan fingerprint density at radius 1 is 1.17 bits per heavy atom. The molecule has 1 aliphatic heterocycles. The molecule has 0 spiro atoms. The van der Waals surface area contributed by atoms with Crippen molar-refractivity contribution in [2.75, 3.05) is 31.1 Å². The summed E-state index contributed by atoms with van der Waals surface area (Å²) in [6.07, 6.45) is 0. The lowest BCUT2D eigenvalue weighted by Gasteiger charge is -2.41. The number of sulfonamides is 1. The van der Waals surface area contributed by atoms with Gasteiger partial charge in [-0.1, -0.05) is 6.07 Å². The fraction of sp³-hybridized carbons (Fsp3) is 0.333. The summed E-state index contributed by atoms with van der Waals surface area (Å²) in [4.78, 5) is 1.97. The minimum Gasteiger partial charge on any atom is -0.508 e. The molecule has 0 bridgehead atoms. The third-order valence-electron chi connectivity index (χ3n) is 3.93. The molecular weight excluding hydrogens is 336 g/mol. The molecule has 6 nitrogen and oxygen atoms in total. The fourth-order valence-electron chi connectivity index (χ4n) is 2.72. The van der Waals surface area contributed by atoms with Crippen molar-refractivity contribution in [2.24, 2.45) is 0 Å². The molecule has 1 aromatic carbocycles. The van der Waals surface area contributed by atoms with Gasteiger partial charge in [-0.2, -0.15) is 4.31 Å². The average Bonchev–Trinajstić information content (AvgIpc) is 3.10. The minimum absolute atomic E-state index is 0.142. The van der Waals surface area contributed by atoms with Crippen molar-refractivity contribution in [3.8, 4) is 5.75 Å². The van der Waals surface area contributed by atoms with Gasteiger partial charge in [0.2, 0.25) is 0 Å². The Balaban J connectivity index is 1.80. The Kier molecular flexibility index (Phi) is 4.58. The second-order valence-electron chi connectivity index (χ2n) is 5.34. The maximum atomic E-state index is 12.6. The summed E-state index contributed by atoms with van der Waals surface area (Å²) in [6, 6.07) is 9.69. The first kappa shape index (κ1) is 16.3. The van der Waals surface area contributed by atoms with Crippen LogP contribution in [0.25, 0.3) is 0 Å². The topological polar surface area (TPSA) is 81.1 Å². The Morgan fingerprint density at radius 3 is 2.52 bits per heavy atom. The van der Waals surface area contributed by atoms with Gasteiger partial charge in [0.15, 0.2) is 0 Å². The lowest BCUT2D eigenvalue weighted by Crippen LogP contribution is -2.56. The van der Waals surface area contributed by atoms with Gasteiger partial charge in [0.05, 0.1) is 12.6 Å². The number of aromatic hydroxyl groups is 1. The summed E-state index contributed by atoms with van der Waals surface area (Å²) in [5.41, 5.74) is 0.857. The molecule has 0 amide bonds. The van der Waals surface area contributed by atoms with Crippen LogP contribution < -0.4 is 4.90 Å². The van der Waals surface area contributed by atoms with Crippen molar-refractivity contribution >= 4 is 27.0 Å². The van der Waals surface area contributed by atoms with Crippen molar-refractivity contribution in [1.29, 1.82) is 0 Å². The van der Waals surface area contributed by atoms with Gasteiger partial charge in [-0.05, 0) is 35.7 Å². The third kappa shape index (κ3) is 3.20. The summed E-state index contributed by atoms with van der Waals surface area (Å²) < 4.78 is 27.0. The lowest BCUT2D eigenvalue weighted by molar-refractivity contribution is 0.217. The van der Waals surface area contributed by atoms with E-state index in [0.29, 0.717) is 17.3 Å². The predicted molar refractivity (Wildman–Crippen MR) is 89.4 cm³/mol. The Hall–Kier alpha value is -1.61. The summed E-state index contributed by atoms with van der Waals surface area (Å²) in [5, 5.41) is 20.8. The summed E-state index contributed by atoms with van der Waals surface area (Å²) in [7, 11) is -3.50. The number of anilines is 1. The first-order valence-electron chi connectivity index (χ1n) is 7.22.